The van der Waals surface area contributed by atoms with Crippen LogP contribution in [0.15, 0.2) is 30.3 Å². The molecule has 1 aromatic carbocycles. The third kappa shape index (κ3) is 2.95. The van der Waals surface area contributed by atoms with Crippen molar-refractivity contribution in [1.82, 2.24) is 9.97 Å². The molecule has 0 atom stereocenters. The minimum absolute atomic E-state index is 0.265. The highest BCUT2D eigenvalue weighted by atomic mass is 16.5. The molecule has 0 saturated carbocycles. The summed E-state index contributed by atoms with van der Waals surface area (Å²) in [6.07, 6.45) is 0. The Hall–Kier alpha value is -2.14. The van der Waals surface area contributed by atoms with Gasteiger partial charge in [0, 0.05) is 18.3 Å². The van der Waals surface area contributed by atoms with Gasteiger partial charge in [-0.25, -0.2) is 0 Å². The number of ether oxygens (including phenoxy) is 2. The van der Waals surface area contributed by atoms with E-state index in [2.05, 4.69) is 9.97 Å². The number of nitrogens with two attached hydrogens (primary N) is 1. The minimum Gasteiger partial charge on any atom is -0.481 e. The maximum Gasteiger partial charge on any atom is 0.325 e. The first-order valence-electron chi connectivity index (χ1n) is 5.58. The quantitative estimate of drug-likeness (QED) is 0.892. The van der Waals surface area contributed by atoms with Crippen LogP contribution in [0.4, 0.5) is 0 Å². The van der Waals surface area contributed by atoms with Crippen LogP contribution in [-0.2, 0) is 6.54 Å². The normalized spacial score (nSPS) is 10.2. The summed E-state index contributed by atoms with van der Waals surface area (Å²) in [5.41, 5.74) is 7.35. The number of benzene rings is 1. The molecule has 94 valence electrons. The molecule has 0 aliphatic heterocycles. The fraction of sp³-hybridized carbons (Fsp3) is 0.231. The van der Waals surface area contributed by atoms with Crippen LogP contribution in [0.1, 0.15) is 11.3 Å². The molecular formula is C13H15N3O2. The van der Waals surface area contributed by atoms with Crippen molar-refractivity contribution in [3.8, 4) is 17.6 Å². The molecule has 0 bridgehead atoms. The summed E-state index contributed by atoms with van der Waals surface area (Å²) in [5.74, 6) is 1.14. The average Bonchev–Trinajstić information content (AvgIpc) is 2.38. The summed E-state index contributed by atoms with van der Waals surface area (Å²) in [5, 5.41) is 0. The average molecular weight is 245 g/mol. The van der Waals surface area contributed by atoms with Crippen molar-refractivity contribution in [3.63, 3.8) is 0 Å². The van der Waals surface area contributed by atoms with Gasteiger partial charge in [0.2, 0.25) is 5.88 Å². The van der Waals surface area contributed by atoms with Crippen molar-refractivity contribution in [3.05, 3.63) is 41.6 Å². The zero-order chi connectivity index (χ0) is 13.0. The van der Waals surface area contributed by atoms with Crippen LogP contribution in [0, 0.1) is 6.92 Å². The summed E-state index contributed by atoms with van der Waals surface area (Å²) in [4.78, 5) is 8.30. The van der Waals surface area contributed by atoms with Crippen molar-refractivity contribution in [2.45, 2.75) is 13.5 Å². The molecule has 0 radical (unpaired) electrons. The monoisotopic (exact) mass is 245 g/mol. The van der Waals surface area contributed by atoms with Crippen molar-refractivity contribution >= 4 is 0 Å². The van der Waals surface area contributed by atoms with E-state index in [-0.39, 0.29) is 6.01 Å². The first-order chi connectivity index (χ1) is 8.71. The summed E-state index contributed by atoms with van der Waals surface area (Å²) >= 11 is 0. The molecule has 0 spiro atoms. The smallest absolute Gasteiger partial charge is 0.325 e. The second kappa shape index (κ2) is 5.46. The lowest BCUT2D eigenvalue weighted by atomic mass is 10.2. The third-order valence-electron chi connectivity index (χ3n) is 2.36. The maximum absolute atomic E-state index is 5.59. The first kappa shape index (κ1) is 12.3. The van der Waals surface area contributed by atoms with E-state index in [0.717, 1.165) is 11.3 Å². The fourth-order valence-electron chi connectivity index (χ4n) is 1.50. The molecular weight excluding hydrogens is 230 g/mol. The van der Waals surface area contributed by atoms with E-state index in [1.54, 1.807) is 13.2 Å². The van der Waals surface area contributed by atoms with Crippen LogP contribution in [0.25, 0.3) is 0 Å². The predicted octanol–water partition coefficient (Wildman–Crippen LogP) is 2.04. The number of hydrogen-bond acceptors (Lipinski definition) is 5. The lowest BCUT2D eigenvalue weighted by molar-refractivity contribution is 0.375. The van der Waals surface area contributed by atoms with Crippen molar-refractivity contribution in [2.24, 2.45) is 5.73 Å². The highest BCUT2D eigenvalue weighted by molar-refractivity contribution is 5.31. The molecule has 0 saturated heterocycles. The molecule has 18 heavy (non-hydrogen) atoms. The van der Waals surface area contributed by atoms with E-state index < -0.39 is 0 Å². The summed E-state index contributed by atoms with van der Waals surface area (Å²) < 4.78 is 10.7. The minimum atomic E-state index is 0.265. The molecule has 5 nitrogen and oxygen atoms in total. The Bertz CT molecular complexity index is 544. The number of hydrogen-bond donors (Lipinski definition) is 1. The summed E-state index contributed by atoms with van der Waals surface area (Å²) in [7, 11) is 1.56. The Labute approximate surface area is 106 Å². The molecule has 1 aromatic heterocycles. The lowest BCUT2D eigenvalue weighted by Gasteiger charge is -2.07. The van der Waals surface area contributed by atoms with Gasteiger partial charge in [0.15, 0.2) is 0 Å². The van der Waals surface area contributed by atoms with E-state index in [4.69, 9.17) is 15.2 Å². The topological polar surface area (TPSA) is 70.3 Å². The SMILES string of the molecule is COc1cc(C)nc(Oc2cccc(CN)c2)n1. The van der Waals surface area contributed by atoms with Gasteiger partial charge in [-0.2, -0.15) is 9.97 Å². The molecule has 0 fully saturated rings. The van der Waals surface area contributed by atoms with Crippen LogP contribution >= 0.6 is 0 Å². The zero-order valence-electron chi connectivity index (χ0n) is 10.4. The summed E-state index contributed by atoms with van der Waals surface area (Å²) in [6, 6.07) is 9.51. The van der Waals surface area contributed by atoms with E-state index in [9.17, 15) is 0 Å². The number of aryl methyl sites for hydroxylation is 1. The van der Waals surface area contributed by atoms with E-state index in [1.807, 2.05) is 31.2 Å². The van der Waals surface area contributed by atoms with Crippen LogP contribution in [-0.4, -0.2) is 17.1 Å². The van der Waals surface area contributed by atoms with Gasteiger partial charge >= 0.3 is 6.01 Å². The Morgan fingerprint density at radius 3 is 2.78 bits per heavy atom. The fourth-order valence-corrected chi connectivity index (χ4v) is 1.50. The highest BCUT2D eigenvalue weighted by Crippen LogP contribution is 2.21. The first-order valence-corrected chi connectivity index (χ1v) is 5.58. The van der Waals surface area contributed by atoms with E-state index in [0.29, 0.717) is 18.2 Å². The van der Waals surface area contributed by atoms with Gasteiger partial charge < -0.3 is 15.2 Å². The largest absolute Gasteiger partial charge is 0.481 e. The van der Waals surface area contributed by atoms with Crippen molar-refractivity contribution < 1.29 is 9.47 Å². The molecule has 2 rings (SSSR count). The van der Waals surface area contributed by atoms with Gasteiger partial charge in [-0.1, -0.05) is 12.1 Å². The Morgan fingerprint density at radius 2 is 2.06 bits per heavy atom. The molecule has 2 N–H and O–H groups in total. The van der Waals surface area contributed by atoms with Gasteiger partial charge in [-0.15, -0.1) is 0 Å². The van der Waals surface area contributed by atoms with Gasteiger partial charge in [-0.3, -0.25) is 0 Å². The number of aromatic nitrogens is 2. The van der Waals surface area contributed by atoms with Gasteiger partial charge in [0.25, 0.3) is 0 Å². The lowest BCUT2D eigenvalue weighted by Crippen LogP contribution is -1.99. The zero-order valence-corrected chi connectivity index (χ0v) is 10.4. The molecule has 0 aliphatic rings. The molecule has 0 amide bonds. The van der Waals surface area contributed by atoms with Crippen LogP contribution in [0.2, 0.25) is 0 Å². The number of methoxy groups -OCH3 is 1. The molecule has 1 heterocycles. The van der Waals surface area contributed by atoms with Crippen LogP contribution in [0.3, 0.4) is 0 Å². The van der Waals surface area contributed by atoms with Crippen LogP contribution < -0.4 is 15.2 Å². The highest BCUT2D eigenvalue weighted by Gasteiger charge is 2.05. The molecule has 5 heteroatoms. The number of rotatable bonds is 4. The van der Waals surface area contributed by atoms with E-state index >= 15 is 0 Å². The van der Waals surface area contributed by atoms with Crippen molar-refractivity contribution in [1.29, 1.82) is 0 Å². The predicted molar refractivity (Wildman–Crippen MR) is 67.7 cm³/mol. The standard InChI is InChI=1S/C13H15N3O2/c1-9-6-12(17-2)16-13(15-9)18-11-5-3-4-10(7-11)8-14/h3-7H,8,14H2,1-2H3. The third-order valence-corrected chi connectivity index (χ3v) is 2.36. The Balaban J connectivity index is 2.24. The maximum atomic E-state index is 5.59. The van der Waals surface area contributed by atoms with Crippen LogP contribution in [0.5, 0.6) is 17.6 Å². The van der Waals surface area contributed by atoms with Gasteiger partial charge in [-0.05, 0) is 24.6 Å². The van der Waals surface area contributed by atoms with Crippen molar-refractivity contribution in [2.75, 3.05) is 7.11 Å². The molecule has 0 unspecified atom stereocenters. The van der Waals surface area contributed by atoms with E-state index in [1.165, 1.54) is 0 Å². The molecule has 2 aromatic rings. The Morgan fingerprint density at radius 1 is 1.22 bits per heavy atom. The number of nitrogens with zero attached hydrogens (tertiary/aromatic N) is 2. The summed E-state index contributed by atoms with van der Waals surface area (Å²) in [6.45, 7) is 2.32. The molecule has 0 aliphatic carbocycles. The second-order valence-corrected chi connectivity index (χ2v) is 3.79. The Kier molecular flexibility index (Phi) is 3.74. The van der Waals surface area contributed by atoms with Gasteiger partial charge in [0.1, 0.15) is 5.75 Å². The second-order valence-electron chi connectivity index (χ2n) is 3.79. The van der Waals surface area contributed by atoms with Gasteiger partial charge in [0.05, 0.1) is 7.11 Å².